The Morgan fingerprint density at radius 2 is 2.11 bits per heavy atom. The summed E-state index contributed by atoms with van der Waals surface area (Å²) in [7, 11) is 2.21. The predicted molar refractivity (Wildman–Crippen MR) is 74.8 cm³/mol. The van der Waals surface area contributed by atoms with Gasteiger partial charge in [-0.05, 0) is 50.6 Å². The number of nitrogens with zero attached hydrogens (tertiary/aromatic N) is 1. The molecule has 2 atom stereocenters. The van der Waals surface area contributed by atoms with Crippen molar-refractivity contribution in [1.82, 2.24) is 10.2 Å². The number of nitrogens with one attached hydrogen (secondary N) is 1. The number of benzene rings is 1. The molecule has 1 fully saturated rings. The quantitative estimate of drug-likeness (QED) is 0.840. The van der Waals surface area contributed by atoms with Gasteiger partial charge in [-0.25, -0.2) is 0 Å². The zero-order valence-electron chi connectivity index (χ0n) is 11.4. The van der Waals surface area contributed by atoms with Crippen LogP contribution in [0.1, 0.15) is 37.8 Å². The number of hydrogen-bond donors (Lipinski definition) is 2. The number of likely N-dealkylation sites (N-methyl/N-ethyl adjacent to an activating group) is 1. The third-order valence-corrected chi connectivity index (χ3v) is 3.98. The Morgan fingerprint density at radius 3 is 2.67 bits per heavy atom. The lowest BCUT2D eigenvalue weighted by atomic mass is 10.0. The summed E-state index contributed by atoms with van der Waals surface area (Å²) < 4.78 is 0. The van der Waals surface area contributed by atoms with E-state index < -0.39 is 0 Å². The monoisotopic (exact) mass is 248 g/mol. The van der Waals surface area contributed by atoms with Gasteiger partial charge in [-0.3, -0.25) is 0 Å². The van der Waals surface area contributed by atoms with E-state index in [1.807, 2.05) is 12.1 Å². The van der Waals surface area contributed by atoms with Crippen LogP contribution in [0.25, 0.3) is 0 Å². The smallest absolute Gasteiger partial charge is 0.115 e. The van der Waals surface area contributed by atoms with Crippen LogP contribution in [-0.4, -0.2) is 36.2 Å². The minimum absolute atomic E-state index is 0.337. The van der Waals surface area contributed by atoms with Crippen LogP contribution in [0.3, 0.4) is 0 Å². The normalized spacial score (nSPS) is 22.2. The van der Waals surface area contributed by atoms with Crippen LogP contribution in [0.5, 0.6) is 5.75 Å². The summed E-state index contributed by atoms with van der Waals surface area (Å²) in [6.07, 6.45) is 3.69. The lowest BCUT2D eigenvalue weighted by molar-refractivity contribution is 0.290. The Hall–Kier alpha value is -1.06. The molecule has 2 unspecified atom stereocenters. The summed E-state index contributed by atoms with van der Waals surface area (Å²) >= 11 is 0. The summed E-state index contributed by atoms with van der Waals surface area (Å²) in [5.41, 5.74) is 1.26. The molecule has 18 heavy (non-hydrogen) atoms. The first-order valence-corrected chi connectivity index (χ1v) is 6.93. The van der Waals surface area contributed by atoms with E-state index in [0.717, 1.165) is 13.0 Å². The van der Waals surface area contributed by atoms with Crippen LogP contribution in [0.4, 0.5) is 0 Å². The first kappa shape index (κ1) is 13.4. The standard InChI is InChI=1S/C15H24N2O/c1-3-15(12-6-8-14(18)9-7-12)16-11-13-5-4-10-17(13)2/h6-9,13,15-16,18H,3-5,10-11H2,1-2H3. The Labute approximate surface area is 110 Å². The van der Waals surface area contributed by atoms with Gasteiger partial charge in [0, 0.05) is 18.6 Å². The SMILES string of the molecule is CCC(NCC1CCCN1C)c1ccc(O)cc1. The fourth-order valence-electron chi connectivity index (χ4n) is 2.72. The first-order valence-electron chi connectivity index (χ1n) is 6.93. The minimum atomic E-state index is 0.337. The van der Waals surface area contributed by atoms with Gasteiger partial charge in [0.2, 0.25) is 0 Å². The van der Waals surface area contributed by atoms with Crippen molar-refractivity contribution in [3.63, 3.8) is 0 Å². The zero-order chi connectivity index (χ0) is 13.0. The van der Waals surface area contributed by atoms with Gasteiger partial charge in [-0.2, -0.15) is 0 Å². The van der Waals surface area contributed by atoms with Crippen molar-refractivity contribution >= 4 is 0 Å². The molecule has 0 aromatic heterocycles. The summed E-state index contributed by atoms with van der Waals surface area (Å²) in [5, 5.41) is 13.0. The largest absolute Gasteiger partial charge is 0.508 e. The molecule has 0 bridgehead atoms. The molecular formula is C15H24N2O. The third-order valence-electron chi connectivity index (χ3n) is 3.98. The average molecular weight is 248 g/mol. The van der Waals surface area contributed by atoms with Gasteiger partial charge in [0.05, 0.1) is 0 Å². The fraction of sp³-hybridized carbons (Fsp3) is 0.600. The van der Waals surface area contributed by atoms with Crippen molar-refractivity contribution in [2.75, 3.05) is 20.1 Å². The molecular weight excluding hydrogens is 224 g/mol. The molecule has 0 aliphatic carbocycles. The van der Waals surface area contributed by atoms with E-state index >= 15 is 0 Å². The highest BCUT2D eigenvalue weighted by Crippen LogP contribution is 2.21. The highest BCUT2D eigenvalue weighted by atomic mass is 16.3. The van der Waals surface area contributed by atoms with Crippen molar-refractivity contribution in [3.05, 3.63) is 29.8 Å². The Balaban J connectivity index is 1.91. The van der Waals surface area contributed by atoms with Crippen LogP contribution in [0.15, 0.2) is 24.3 Å². The second-order valence-electron chi connectivity index (χ2n) is 5.24. The molecule has 0 spiro atoms. The number of phenolic OH excluding ortho intramolecular Hbond substituents is 1. The van der Waals surface area contributed by atoms with E-state index in [4.69, 9.17) is 0 Å². The summed E-state index contributed by atoms with van der Waals surface area (Å²) in [6, 6.07) is 8.61. The van der Waals surface area contributed by atoms with E-state index in [0.29, 0.717) is 17.8 Å². The molecule has 0 radical (unpaired) electrons. The van der Waals surface area contributed by atoms with Crippen LogP contribution < -0.4 is 5.32 Å². The maximum atomic E-state index is 9.32. The number of hydrogen-bond acceptors (Lipinski definition) is 3. The molecule has 1 aromatic rings. The van der Waals surface area contributed by atoms with Crippen LogP contribution in [-0.2, 0) is 0 Å². The van der Waals surface area contributed by atoms with Gasteiger partial charge < -0.3 is 15.3 Å². The van der Waals surface area contributed by atoms with Crippen LogP contribution in [0, 0.1) is 0 Å². The van der Waals surface area contributed by atoms with Gasteiger partial charge in [0.15, 0.2) is 0 Å². The van der Waals surface area contributed by atoms with E-state index in [-0.39, 0.29) is 0 Å². The fourth-order valence-corrected chi connectivity index (χ4v) is 2.72. The molecule has 1 aliphatic rings. The zero-order valence-corrected chi connectivity index (χ0v) is 11.4. The molecule has 0 saturated carbocycles. The third kappa shape index (κ3) is 3.24. The molecule has 1 aromatic carbocycles. The van der Waals surface area contributed by atoms with Crippen molar-refractivity contribution in [2.45, 2.75) is 38.3 Å². The topological polar surface area (TPSA) is 35.5 Å². The Bertz CT molecular complexity index is 363. The second-order valence-corrected chi connectivity index (χ2v) is 5.24. The van der Waals surface area contributed by atoms with Gasteiger partial charge >= 0.3 is 0 Å². The van der Waals surface area contributed by atoms with Crippen LogP contribution >= 0.6 is 0 Å². The highest BCUT2D eigenvalue weighted by Gasteiger charge is 2.21. The molecule has 1 saturated heterocycles. The lowest BCUT2D eigenvalue weighted by Gasteiger charge is -2.24. The van der Waals surface area contributed by atoms with Crippen molar-refractivity contribution < 1.29 is 5.11 Å². The molecule has 1 heterocycles. The molecule has 2 N–H and O–H groups in total. The molecule has 3 nitrogen and oxygen atoms in total. The number of aromatic hydroxyl groups is 1. The van der Waals surface area contributed by atoms with E-state index in [2.05, 4.69) is 24.2 Å². The molecule has 1 aliphatic heterocycles. The average Bonchev–Trinajstić information content (AvgIpc) is 2.78. The number of phenols is 1. The van der Waals surface area contributed by atoms with E-state index in [1.165, 1.54) is 24.9 Å². The van der Waals surface area contributed by atoms with E-state index in [9.17, 15) is 5.11 Å². The Morgan fingerprint density at radius 1 is 1.39 bits per heavy atom. The molecule has 100 valence electrons. The van der Waals surface area contributed by atoms with Crippen LogP contribution in [0.2, 0.25) is 0 Å². The minimum Gasteiger partial charge on any atom is -0.508 e. The van der Waals surface area contributed by atoms with Gasteiger partial charge in [-0.15, -0.1) is 0 Å². The first-order chi connectivity index (χ1) is 8.70. The van der Waals surface area contributed by atoms with Crippen molar-refractivity contribution in [3.8, 4) is 5.75 Å². The molecule has 2 rings (SSSR count). The number of rotatable bonds is 5. The maximum absolute atomic E-state index is 9.32. The van der Waals surface area contributed by atoms with Gasteiger partial charge in [-0.1, -0.05) is 19.1 Å². The number of likely N-dealkylation sites (tertiary alicyclic amines) is 1. The highest BCUT2D eigenvalue weighted by molar-refractivity contribution is 5.27. The maximum Gasteiger partial charge on any atom is 0.115 e. The predicted octanol–water partition coefficient (Wildman–Crippen LogP) is 2.53. The summed E-state index contributed by atoms with van der Waals surface area (Å²) in [4.78, 5) is 2.44. The van der Waals surface area contributed by atoms with Crippen molar-refractivity contribution in [1.29, 1.82) is 0 Å². The van der Waals surface area contributed by atoms with Gasteiger partial charge in [0.1, 0.15) is 5.75 Å². The molecule has 3 heteroatoms. The summed E-state index contributed by atoms with van der Waals surface area (Å²) in [6.45, 7) is 4.47. The van der Waals surface area contributed by atoms with Crippen molar-refractivity contribution in [2.24, 2.45) is 0 Å². The van der Waals surface area contributed by atoms with Gasteiger partial charge in [0.25, 0.3) is 0 Å². The summed E-state index contributed by atoms with van der Waals surface area (Å²) in [5.74, 6) is 0.337. The van der Waals surface area contributed by atoms with E-state index in [1.54, 1.807) is 12.1 Å². The molecule has 0 amide bonds. The Kier molecular flexibility index (Phi) is 4.61. The second kappa shape index (κ2) is 6.21. The lowest BCUT2D eigenvalue weighted by Crippen LogP contribution is -2.37.